The Bertz CT molecular complexity index is 570. The summed E-state index contributed by atoms with van der Waals surface area (Å²) in [7, 11) is 0. The summed E-state index contributed by atoms with van der Waals surface area (Å²) in [5, 5.41) is 9.51. The molecule has 24 heavy (non-hydrogen) atoms. The lowest BCUT2D eigenvalue weighted by atomic mass is 9.87. The highest BCUT2D eigenvalue weighted by molar-refractivity contribution is 5.90. The molecule has 1 heterocycles. The van der Waals surface area contributed by atoms with Crippen molar-refractivity contribution in [3.8, 4) is 0 Å². The van der Waals surface area contributed by atoms with Crippen molar-refractivity contribution in [3.05, 3.63) is 35.5 Å². The summed E-state index contributed by atoms with van der Waals surface area (Å²) in [5.41, 5.74) is 2.37. The number of hydrogen-bond acceptors (Lipinski definition) is 5. The van der Waals surface area contributed by atoms with Gasteiger partial charge in [0, 0.05) is 17.9 Å². The molecule has 0 aromatic carbocycles. The van der Waals surface area contributed by atoms with Gasteiger partial charge in [-0.2, -0.15) is 0 Å². The summed E-state index contributed by atoms with van der Waals surface area (Å²) in [5.74, 6) is -0.832. The SMILES string of the molecule is C=C1C(=O)O[C@H]2C/C(CO)=C/CC/C(COC(=O)C(C)C)=C/C[C@H]12. The maximum Gasteiger partial charge on any atom is 0.334 e. The predicted octanol–water partition coefficient (Wildman–Crippen LogP) is 2.70. The average Bonchev–Trinajstić information content (AvgIpc) is 2.82. The highest BCUT2D eigenvalue weighted by Gasteiger charge is 2.38. The molecule has 0 unspecified atom stereocenters. The van der Waals surface area contributed by atoms with Crippen LogP contribution in [0.3, 0.4) is 0 Å². The lowest BCUT2D eigenvalue weighted by molar-refractivity contribution is -0.146. The van der Waals surface area contributed by atoms with E-state index in [4.69, 9.17) is 9.47 Å². The molecule has 1 aliphatic carbocycles. The van der Waals surface area contributed by atoms with Gasteiger partial charge in [0.25, 0.3) is 0 Å². The number of allylic oxidation sites excluding steroid dienone is 2. The van der Waals surface area contributed by atoms with E-state index in [1.54, 1.807) is 13.8 Å². The monoisotopic (exact) mass is 334 g/mol. The Kier molecular flexibility index (Phi) is 6.37. The lowest BCUT2D eigenvalue weighted by Gasteiger charge is -2.20. The fraction of sp³-hybridized carbons (Fsp3) is 0.579. The van der Waals surface area contributed by atoms with Gasteiger partial charge < -0.3 is 14.6 Å². The van der Waals surface area contributed by atoms with E-state index < -0.39 is 0 Å². The molecule has 0 bridgehead atoms. The van der Waals surface area contributed by atoms with Gasteiger partial charge in [-0.25, -0.2) is 4.79 Å². The molecule has 2 aliphatic rings. The molecule has 132 valence electrons. The van der Waals surface area contributed by atoms with Crippen LogP contribution in [0.5, 0.6) is 0 Å². The molecular formula is C19H26O5. The third kappa shape index (κ3) is 4.57. The van der Waals surface area contributed by atoms with Crippen LogP contribution in [-0.2, 0) is 19.1 Å². The van der Waals surface area contributed by atoms with Crippen LogP contribution >= 0.6 is 0 Å². The topological polar surface area (TPSA) is 72.8 Å². The quantitative estimate of drug-likeness (QED) is 0.486. The maximum atomic E-state index is 11.8. The summed E-state index contributed by atoms with van der Waals surface area (Å²) in [6.45, 7) is 7.67. The number of aliphatic hydroxyl groups is 1. The Morgan fingerprint density at radius 3 is 2.83 bits per heavy atom. The molecule has 0 spiro atoms. The van der Waals surface area contributed by atoms with E-state index >= 15 is 0 Å². The van der Waals surface area contributed by atoms with Crippen LogP contribution in [0.2, 0.25) is 0 Å². The van der Waals surface area contributed by atoms with Crippen LogP contribution in [0.25, 0.3) is 0 Å². The summed E-state index contributed by atoms with van der Waals surface area (Å²) in [6.07, 6.45) is 6.42. The Morgan fingerprint density at radius 2 is 2.17 bits per heavy atom. The Morgan fingerprint density at radius 1 is 1.42 bits per heavy atom. The molecule has 5 heteroatoms. The number of hydrogen-bond donors (Lipinski definition) is 1. The van der Waals surface area contributed by atoms with Crippen LogP contribution in [0, 0.1) is 11.8 Å². The molecular weight excluding hydrogens is 308 g/mol. The number of carbonyl (C=O) groups is 2. The molecule has 1 aliphatic heterocycles. The number of fused-ring (bicyclic) bond motifs is 1. The second kappa shape index (κ2) is 8.29. The van der Waals surface area contributed by atoms with E-state index in [-0.39, 0.29) is 43.1 Å². The molecule has 1 N–H and O–H groups in total. The van der Waals surface area contributed by atoms with Gasteiger partial charge in [0.1, 0.15) is 12.7 Å². The van der Waals surface area contributed by atoms with E-state index in [1.807, 2.05) is 12.2 Å². The fourth-order valence-electron chi connectivity index (χ4n) is 2.94. The van der Waals surface area contributed by atoms with Gasteiger partial charge in [-0.3, -0.25) is 4.79 Å². The fourth-order valence-corrected chi connectivity index (χ4v) is 2.94. The standard InChI is InChI=1S/C19H26O5/c1-12(2)18(21)23-11-14-5-4-6-15(10-20)9-17-16(8-7-14)13(3)19(22)24-17/h6-7,12,16-17,20H,3-5,8-11H2,1-2H3/b14-7-,15-6-/t16-,17+/m1/s1. The minimum Gasteiger partial charge on any atom is -0.461 e. The zero-order valence-electron chi connectivity index (χ0n) is 14.4. The molecule has 0 aromatic heterocycles. The number of ether oxygens (including phenoxy) is 2. The van der Waals surface area contributed by atoms with Crippen LogP contribution in [0.4, 0.5) is 0 Å². The first-order valence-electron chi connectivity index (χ1n) is 8.45. The van der Waals surface area contributed by atoms with Crippen molar-refractivity contribution in [2.75, 3.05) is 13.2 Å². The highest BCUT2D eigenvalue weighted by Crippen LogP contribution is 2.34. The first-order chi connectivity index (χ1) is 11.4. The third-order valence-corrected chi connectivity index (χ3v) is 4.51. The van der Waals surface area contributed by atoms with Crippen LogP contribution in [0.15, 0.2) is 35.5 Å². The normalized spacial score (nSPS) is 29.2. The van der Waals surface area contributed by atoms with E-state index in [2.05, 4.69) is 6.58 Å². The van der Waals surface area contributed by atoms with Crippen LogP contribution in [-0.4, -0.2) is 36.4 Å². The smallest absolute Gasteiger partial charge is 0.334 e. The number of esters is 2. The van der Waals surface area contributed by atoms with Gasteiger partial charge >= 0.3 is 11.9 Å². The van der Waals surface area contributed by atoms with Crippen molar-refractivity contribution in [3.63, 3.8) is 0 Å². The van der Waals surface area contributed by atoms with Crippen molar-refractivity contribution in [2.45, 2.75) is 45.6 Å². The average molecular weight is 334 g/mol. The summed E-state index contributed by atoms with van der Waals surface area (Å²) in [4.78, 5) is 23.5. The second-order valence-electron chi connectivity index (χ2n) is 6.70. The molecule has 2 rings (SSSR count). The molecule has 0 aromatic rings. The Labute approximate surface area is 143 Å². The van der Waals surface area contributed by atoms with Crippen LogP contribution < -0.4 is 0 Å². The number of rotatable bonds is 4. The van der Waals surface area contributed by atoms with E-state index in [1.165, 1.54) is 0 Å². The first kappa shape index (κ1) is 18.5. The molecule has 0 amide bonds. The van der Waals surface area contributed by atoms with Crippen molar-refractivity contribution >= 4 is 11.9 Å². The second-order valence-corrected chi connectivity index (χ2v) is 6.70. The molecule has 0 saturated carbocycles. The zero-order valence-corrected chi connectivity index (χ0v) is 14.4. The number of carbonyl (C=O) groups excluding carboxylic acids is 2. The lowest BCUT2D eigenvalue weighted by Crippen LogP contribution is -2.19. The van der Waals surface area contributed by atoms with E-state index in [0.29, 0.717) is 18.4 Å². The Hall–Kier alpha value is -1.88. The third-order valence-electron chi connectivity index (χ3n) is 4.51. The zero-order chi connectivity index (χ0) is 17.7. The largest absolute Gasteiger partial charge is 0.461 e. The van der Waals surface area contributed by atoms with Crippen LogP contribution in [0.1, 0.15) is 39.5 Å². The molecule has 2 atom stereocenters. The van der Waals surface area contributed by atoms with Crippen molar-refractivity contribution in [1.29, 1.82) is 0 Å². The van der Waals surface area contributed by atoms with Gasteiger partial charge in [0.2, 0.25) is 0 Å². The number of aliphatic hydroxyl groups excluding tert-OH is 1. The highest BCUT2D eigenvalue weighted by atomic mass is 16.6. The maximum absolute atomic E-state index is 11.8. The Balaban J connectivity index is 2.13. The van der Waals surface area contributed by atoms with Gasteiger partial charge in [-0.1, -0.05) is 32.6 Å². The molecule has 5 nitrogen and oxygen atoms in total. The summed E-state index contributed by atoms with van der Waals surface area (Å²) >= 11 is 0. The molecule has 1 fully saturated rings. The predicted molar refractivity (Wildman–Crippen MR) is 90.0 cm³/mol. The summed E-state index contributed by atoms with van der Waals surface area (Å²) in [6, 6.07) is 0. The van der Waals surface area contributed by atoms with Gasteiger partial charge in [-0.05, 0) is 30.4 Å². The molecule has 1 saturated heterocycles. The van der Waals surface area contributed by atoms with Crippen molar-refractivity contribution in [1.82, 2.24) is 0 Å². The van der Waals surface area contributed by atoms with Crippen molar-refractivity contribution < 1.29 is 24.2 Å². The van der Waals surface area contributed by atoms with E-state index in [0.717, 1.165) is 24.0 Å². The minimum atomic E-state index is -0.359. The van der Waals surface area contributed by atoms with E-state index in [9.17, 15) is 14.7 Å². The van der Waals surface area contributed by atoms with Gasteiger partial charge in [0.05, 0.1) is 12.5 Å². The van der Waals surface area contributed by atoms with Gasteiger partial charge in [-0.15, -0.1) is 0 Å². The van der Waals surface area contributed by atoms with Crippen molar-refractivity contribution in [2.24, 2.45) is 11.8 Å². The minimum absolute atomic E-state index is 0.0470. The summed E-state index contributed by atoms with van der Waals surface area (Å²) < 4.78 is 10.7. The molecule has 0 radical (unpaired) electrons. The first-order valence-corrected chi connectivity index (χ1v) is 8.45. The van der Waals surface area contributed by atoms with Gasteiger partial charge in [0.15, 0.2) is 0 Å².